The van der Waals surface area contributed by atoms with Crippen LogP contribution in [-0.2, 0) is 0 Å². The van der Waals surface area contributed by atoms with Crippen molar-refractivity contribution in [2.24, 2.45) is 5.92 Å². The Kier molecular flexibility index (Phi) is 3.76. The van der Waals surface area contributed by atoms with Gasteiger partial charge in [0, 0.05) is 41.4 Å². The van der Waals surface area contributed by atoms with Crippen LogP contribution in [0.4, 0.5) is 8.78 Å². The van der Waals surface area contributed by atoms with Crippen molar-refractivity contribution in [1.29, 1.82) is 0 Å². The van der Waals surface area contributed by atoms with E-state index in [9.17, 15) is 13.9 Å². The van der Waals surface area contributed by atoms with Crippen molar-refractivity contribution in [2.45, 2.75) is 31.4 Å². The molecule has 2 aromatic carbocycles. The number of nitrogens with zero attached hydrogens (tertiary/aromatic N) is 2. The van der Waals surface area contributed by atoms with E-state index in [4.69, 9.17) is 0 Å². The Morgan fingerprint density at radius 3 is 2.12 bits per heavy atom. The lowest BCUT2D eigenvalue weighted by atomic mass is 10.0. The van der Waals surface area contributed by atoms with Crippen molar-refractivity contribution in [3.8, 4) is 0 Å². The van der Waals surface area contributed by atoms with Crippen molar-refractivity contribution in [3.05, 3.63) is 48.0 Å². The number of aliphatic hydroxyl groups excluding tert-OH is 1. The zero-order chi connectivity index (χ0) is 17.8. The molecular weight excluding hydrogens is 334 g/mol. The van der Waals surface area contributed by atoms with E-state index in [-0.39, 0.29) is 17.7 Å². The number of rotatable bonds is 3. The molecule has 1 saturated heterocycles. The molecule has 1 aliphatic carbocycles. The number of hydrogen-bond donors (Lipinski definition) is 1. The van der Waals surface area contributed by atoms with E-state index < -0.39 is 6.10 Å². The van der Waals surface area contributed by atoms with Crippen LogP contribution >= 0.6 is 0 Å². The molecule has 1 saturated carbocycles. The third-order valence-electron chi connectivity index (χ3n) is 5.90. The minimum absolute atomic E-state index is 0.113. The Morgan fingerprint density at radius 2 is 1.54 bits per heavy atom. The highest BCUT2D eigenvalue weighted by molar-refractivity contribution is 6.08. The summed E-state index contributed by atoms with van der Waals surface area (Å²) in [5.74, 6) is 0.132. The van der Waals surface area contributed by atoms with Crippen LogP contribution in [0.3, 0.4) is 0 Å². The number of fused-ring (bicyclic) bond motifs is 3. The Bertz CT molecular complexity index is 920. The first-order chi connectivity index (χ1) is 12.6. The predicted octanol–water partition coefficient (Wildman–Crippen LogP) is 4.09. The molecule has 5 heteroatoms. The van der Waals surface area contributed by atoms with Gasteiger partial charge in [-0.15, -0.1) is 0 Å². The summed E-state index contributed by atoms with van der Waals surface area (Å²) in [6, 6.07) is 9.18. The first-order valence-corrected chi connectivity index (χ1v) is 9.39. The summed E-state index contributed by atoms with van der Waals surface area (Å²) < 4.78 is 29.8. The fraction of sp³-hybridized carbons (Fsp3) is 0.429. The van der Waals surface area contributed by atoms with E-state index in [0.29, 0.717) is 10.8 Å². The molecule has 26 heavy (non-hydrogen) atoms. The van der Waals surface area contributed by atoms with Gasteiger partial charge in [0.25, 0.3) is 0 Å². The van der Waals surface area contributed by atoms with Gasteiger partial charge in [-0.3, -0.25) is 0 Å². The van der Waals surface area contributed by atoms with Crippen molar-refractivity contribution < 1.29 is 13.9 Å². The summed E-state index contributed by atoms with van der Waals surface area (Å²) in [6.45, 7) is 2.77. The first kappa shape index (κ1) is 16.2. The highest BCUT2D eigenvalue weighted by Crippen LogP contribution is 2.37. The van der Waals surface area contributed by atoms with Gasteiger partial charge >= 0.3 is 0 Å². The Hall–Kier alpha value is -1.98. The summed E-state index contributed by atoms with van der Waals surface area (Å²) in [5, 5.41) is 12.1. The van der Waals surface area contributed by atoms with Crippen molar-refractivity contribution in [1.82, 2.24) is 9.47 Å². The number of likely N-dealkylation sites (tertiary alicyclic amines) is 1. The second kappa shape index (κ2) is 6.03. The fourth-order valence-corrected chi connectivity index (χ4v) is 4.43. The first-order valence-electron chi connectivity index (χ1n) is 9.39. The van der Waals surface area contributed by atoms with Gasteiger partial charge < -0.3 is 14.6 Å². The predicted molar refractivity (Wildman–Crippen MR) is 98.2 cm³/mol. The summed E-state index contributed by atoms with van der Waals surface area (Å²) in [5.41, 5.74) is 1.70. The largest absolute Gasteiger partial charge is 0.391 e. The molecule has 0 unspecified atom stereocenters. The lowest BCUT2D eigenvalue weighted by molar-refractivity contribution is 0.0344. The van der Waals surface area contributed by atoms with Crippen molar-refractivity contribution in [3.63, 3.8) is 0 Å². The van der Waals surface area contributed by atoms with Gasteiger partial charge in [-0.2, -0.15) is 0 Å². The van der Waals surface area contributed by atoms with E-state index in [1.54, 1.807) is 12.1 Å². The Balaban J connectivity index is 1.66. The Morgan fingerprint density at radius 1 is 0.923 bits per heavy atom. The molecule has 2 heterocycles. The molecule has 1 aliphatic heterocycles. The molecule has 3 aromatic rings. The number of aromatic nitrogens is 1. The summed E-state index contributed by atoms with van der Waals surface area (Å²) in [4.78, 5) is 2.43. The molecule has 136 valence electrons. The molecule has 2 fully saturated rings. The maximum atomic E-state index is 13.8. The minimum Gasteiger partial charge on any atom is -0.391 e. The second-order valence-electron chi connectivity index (χ2n) is 7.82. The Labute approximate surface area is 150 Å². The monoisotopic (exact) mass is 356 g/mol. The molecule has 1 aromatic heterocycles. The zero-order valence-corrected chi connectivity index (χ0v) is 14.5. The molecule has 0 bridgehead atoms. The van der Waals surface area contributed by atoms with Crippen LogP contribution < -0.4 is 0 Å². The number of halogens is 2. The average molecular weight is 356 g/mol. The van der Waals surface area contributed by atoms with Gasteiger partial charge in [0.2, 0.25) is 0 Å². The zero-order valence-electron chi connectivity index (χ0n) is 14.5. The van der Waals surface area contributed by atoms with E-state index in [1.165, 1.54) is 37.1 Å². The number of benzene rings is 2. The van der Waals surface area contributed by atoms with Crippen LogP contribution in [0.25, 0.3) is 21.8 Å². The van der Waals surface area contributed by atoms with E-state index in [1.807, 2.05) is 0 Å². The molecule has 5 rings (SSSR count). The smallest absolute Gasteiger partial charge is 0.123 e. The van der Waals surface area contributed by atoms with Crippen LogP contribution in [0.1, 0.15) is 25.3 Å². The van der Waals surface area contributed by atoms with Gasteiger partial charge in [-0.05, 0) is 61.6 Å². The van der Waals surface area contributed by atoms with Crippen molar-refractivity contribution in [2.75, 3.05) is 19.6 Å². The third-order valence-corrected chi connectivity index (χ3v) is 5.90. The SMILES string of the molecule is O[C@@H]1CCN(CC2CC2)C[C@H]1n1c2ccc(F)cc2c2cc(F)ccc21. The van der Waals surface area contributed by atoms with Gasteiger partial charge in [0.15, 0.2) is 0 Å². The number of hydrogen-bond acceptors (Lipinski definition) is 2. The normalized spacial score (nSPS) is 24.6. The molecule has 0 radical (unpaired) electrons. The van der Waals surface area contributed by atoms with Crippen molar-refractivity contribution >= 4 is 21.8 Å². The topological polar surface area (TPSA) is 28.4 Å². The summed E-state index contributed by atoms with van der Waals surface area (Å²) in [7, 11) is 0. The van der Waals surface area contributed by atoms with Gasteiger partial charge in [-0.25, -0.2) is 8.78 Å². The van der Waals surface area contributed by atoms with Crippen LogP contribution in [0, 0.1) is 17.6 Å². The molecule has 0 spiro atoms. The van der Waals surface area contributed by atoms with Crippen LogP contribution in [-0.4, -0.2) is 40.3 Å². The maximum Gasteiger partial charge on any atom is 0.123 e. The molecule has 2 atom stereocenters. The highest BCUT2D eigenvalue weighted by Gasteiger charge is 2.34. The minimum atomic E-state index is -0.459. The van der Waals surface area contributed by atoms with E-state index in [2.05, 4.69) is 9.47 Å². The van der Waals surface area contributed by atoms with Gasteiger partial charge in [0.1, 0.15) is 11.6 Å². The van der Waals surface area contributed by atoms with Crippen LogP contribution in [0.5, 0.6) is 0 Å². The molecule has 2 aliphatic rings. The quantitative estimate of drug-likeness (QED) is 0.766. The number of piperidine rings is 1. The maximum absolute atomic E-state index is 13.8. The van der Waals surface area contributed by atoms with Gasteiger partial charge in [0.05, 0.1) is 12.1 Å². The fourth-order valence-electron chi connectivity index (χ4n) is 4.43. The highest BCUT2D eigenvalue weighted by atomic mass is 19.1. The average Bonchev–Trinajstić information content (AvgIpc) is 3.38. The third kappa shape index (κ3) is 2.70. The van der Waals surface area contributed by atoms with E-state index >= 15 is 0 Å². The molecule has 0 amide bonds. The van der Waals surface area contributed by atoms with Crippen LogP contribution in [0.15, 0.2) is 36.4 Å². The summed E-state index contributed by atoms with van der Waals surface area (Å²) in [6.07, 6.45) is 2.87. The number of aliphatic hydroxyl groups is 1. The van der Waals surface area contributed by atoms with E-state index in [0.717, 1.165) is 43.0 Å². The van der Waals surface area contributed by atoms with Crippen LogP contribution in [0.2, 0.25) is 0 Å². The standard InChI is InChI=1S/C21H22F2N2O/c22-14-3-5-18-16(9-14)17-10-15(23)4-6-19(17)25(18)20-12-24(8-7-21(20)26)11-13-1-2-13/h3-6,9-10,13,20-21,26H,1-2,7-8,11-12H2/t20-,21-/m1/s1. The lowest BCUT2D eigenvalue weighted by Gasteiger charge is -2.37. The second-order valence-corrected chi connectivity index (χ2v) is 7.82. The van der Waals surface area contributed by atoms with Gasteiger partial charge in [-0.1, -0.05) is 0 Å². The summed E-state index contributed by atoms with van der Waals surface area (Å²) >= 11 is 0. The molecule has 1 N–H and O–H groups in total. The molecule has 3 nitrogen and oxygen atoms in total. The lowest BCUT2D eigenvalue weighted by Crippen LogP contribution is -2.44. The molecular formula is C21H22F2N2O.